The summed E-state index contributed by atoms with van der Waals surface area (Å²) in [5.74, 6) is 0.541. The molecular weight excluding hydrogens is 276 g/mol. The van der Waals surface area contributed by atoms with Gasteiger partial charge in [0.05, 0.1) is 12.3 Å². The molecule has 0 bridgehead atoms. The number of ether oxygens (including phenoxy) is 1. The van der Waals surface area contributed by atoms with Crippen LogP contribution in [0.1, 0.15) is 16.6 Å². The van der Waals surface area contributed by atoms with E-state index in [1.807, 2.05) is 19.1 Å². The predicted molar refractivity (Wildman–Crippen MR) is 81.6 cm³/mol. The van der Waals surface area contributed by atoms with Crippen LogP contribution in [0.25, 0.3) is 0 Å². The number of benzene rings is 1. The van der Waals surface area contributed by atoms with E-state index in [9.17, 15) is 4.79 Å². The van der Waals surface area contributed by atoms with Gasteiger partial charge in [0.2, 0.25) is 0 Å². The van der Waals surface area contributed by atoms with Crippen molar-refractivity contribution in [2.45, 2.75) is 6.92 Å². The van der Waals surface area contributed by atoms with Crippen LogP contribution in [0, 0.1) is 0 Å². The van der Waals surface area contributed by atoms with Gasteiger partial charge in [-0.25, -0.2) is 4.98 Å². The van der Waals surface area contributed by atoms with Gasteiger partial charge in [-0.3, -0.25) is 4.79 Å². The summed E-state index contributed by atoms with van der Waals surface area (Å²) in [5.41, 5.74) is 6.34. The highest BCUT2D eigenvalue weighted by Gasteiger charge is 2.17. The third-order valence-electron chi connectivity index (χ3n) is 2.51. The van der Waals surface area contributed by atoms with Gasteiger partial charge < -0.3 is 21.1 Å². The van der Waals surface area contributed by atoms with Crippen LogP contribution in [-0.2, 0) is 0 Å². The molecule has 0 aliphatic carbocycles. The van der Waals surface area contributed by atoms with Crippen molar-refractivity contribution in [1.82, 2.24) is 4.98 Å². The molecule has 1 amide bonds. The van der Waals surface area contributed by atoms with Crippen LogP contribution in [0.2, 0.25) is 0 Å². The minimum Gasteiger partial charge on any atom is -0.492 e. The Bertz CT molecular complexity index is 612. The maximum atomic E-state index is 12.2. The van der Waals surface area contributed by atoms with E-state index in [0.717, 1.165) is 0 Å². The lowest BCUT2D eigenvalue weighted by atomic mass is 10.3. The molecule has 1 heterocycles. The number of hydrogen-bond donors (Lipinski definition) is 3. The van der Waals surface area contributed by atoms with Crippen LogP contribution in [0.15, 0.2) is 24.3 Å². The molecule has 1 aromatic heterocycles. The number of thiazole rings is 1. The molecule has 20 heavy (non-hydrogen) atoms. The largest absolute Gasteiger partial charge is 0.492 e. The first kappa shape index (κ1) is 14.1. The van der Waals surface area contributed by atoms with Crippen molar-refractivity contribution in [2.24, 2.45) is 0 Å². The smallest absolute Gasteiger partial charge is 0.269 e. The molecule has 0 aliphatic rings. The molecule has 7 heteroatoms. The molecule has 0 spiro atoms. The predicted octanol–water partition coefficient (Wildman–Crippen LogP) is 2.42. The summed E-state index contributed by atoms with van der Waals surface area (Å²) in [4.78, 5) is 16.6. The number of aromatic nitrogens is 1. The lowest BCUT2D eigenvalue weighted by Gasteiger charge is -2.10. The summed E-state index contributed by atoms with van der Waals surface area (Å²) in [7, 11) is 1.73. The Balaban J connectivity index is 2.21. The first-order valence-corrected chi connectivity index (χ1v) is 6.94. The second kappa shape index (κ2) is 6.25. The van der Waals surface area contributed by atoms with Crippen LogP contribution in [-0.4, -0.2) is 24.5 Å². The van der Waals surface area contributed by atoms with E-state index in [-0.39, 0.29) is 11.7 Å². The summed E-state index contributed by atoms with van der Waals surface area (Å²) in [6.45, 7) is 2.42. The van der Waals surface area contributed by atoms with E-state index in [4.69, 9.17) is 10.5 Å². The van der Waals surface area contributed by atoms with E-state index < -0.39 is 0 Å². The summed E-state index contributed by atoms with van der Waals surface area (Å²) in [6.07, 6.45) is 0. The van der Waals surface area contributed by atoms with E-state index in [1.165, 1.54) is 11.3 Å². The molecule has 1 aromatic carbocycles. The summed E-state index contributed by atoms with van der Waals surface area (Å²) in [5, 5.41) is 6.25. The molecule has 0 radical (unpaired) electrons. The maximum Gasteiger partial charge on any atom is 0.269 e. The Morgan fingerprint density at radius 1 is 1.45 bits per heavy atom. The van der Waals surface area contributed by atoms with E-state index in [1.54, 1.807) is 19.2 Å². The van der Waals surface area contributed by atoms with Gasteiger partial charge in [-0.2, -0.15) is 0 Å². The van der Waals surface area contributed by atoms with Crippen molar-refractivity contribution in [3.8, 4) is 5.75 Å². The molecule has 0 saturated heterocycles. The normalized spacial score (nSPS) is 10.1. The highest BCUT2D eigenvalue weighted by atomic mass is 32.1. The van der Waals surface area contributed by atoms with Gasteiger partial charge in [0.25, 0.3) is 5.91 Å². The molecule has 4 N–H and O–H groups in total. The first-order valence-electron chi connectivity index (χ1n) is 6.13. The van der Waals surface area contributed by atoms with Gasteiger partial charge in [0.15, 0.2) is 5.13 Å². The van der Waals surface area contributed by atoms with Crippen molar-refractivity contribution < 1.29 is 9.53 Å². The molecule has 2 rings (SSSR count). The Kier molecular flexibility index (Phi) is 4.41. The Morgan fingerprint density at radius 3 is 2.85 bits per heavy atom. The van der Waals surface area contributed by atoms with Gasteiger partial charge in [-0.1, -0.05) is 23.5 Å². The highest BCUT2D eigenvalue weighted by molar-refractivity contribution is 7.18. The second-order valence-electron chi connectivity index (χ2n) is 3.87. The number of amides is 1. The standard InChI is InChI=1S/C13H16N4O2S/c1-3-19-9-7-5-4-6-8(9)16-12(18)10-11(14)17-13(15-2)20-10/h4-7H,3,14H2,1-2H3,(H,15,17)(H,16,18). The first-order chi connectivity index (χ1) is 9.65. The fourth-order valence-electron chi connectivity index (χ4n) is 1.63. The highest BCUT2D eigenvalue weighted by Crippen LogP contribution is 2.28. The fraction of sp³-hybridized carbons (Fsp3) is 0.231. The van der Waals surface area contributed by atoms with Crippen molar-refractivity contribution in [3.63, 3.8) is 0 Å². The van der Waals surface area contributed by atoms with Crippen molar-refractivity contribution in [3.05, 3.63) is 29.1 Å². The van der Waals surface area contributed by atoms with Gasteiger partial charge in [0, 0.05) is 7.05 Å². The van der Waals surface area contributed by atoms with Gasteiger partial charge in [0.1, 0.15) is 16.4 Å². The third kappa shape index (κ3) is 3.00. The van der Waals surface area contributed by atoms with Crippen LogP contribution >= 0.6 is 11.3 Å². The lowest BCUT2D eigenvalue weighted by Crippen LogP contribution is -2.13. The van der Waals surface area contributed by atoms with Gasteiger partial charge in [-0.15, -0.1) is 0 Å². The van der Waals surface area contributed by atoms with Crippen LogP contribution in [0.4, 0.5) is 16.6 Å². The van der Waals surface area contributed by atoms with Crippen molar-refractivity contribution in [2.75, 3.05) is 30.0 Å². The van der Waals surface area contributed by atoms with E-state index >= 15 is 0 Å². The third-order valence-corrected chi connectivity index (χ3v) is 3.60. The molecule has 2 aromatic rings. The molecule has 0 aliphatic heterocycles. The number of nitrogen functional groups attached to an aromatic ring is 1. The maximum absolute atomic E-state index is 12.2. The van der Waals surface area contributed by atoms with Gasteiger partial charge in [-0.05, 0) is 19.1 Å². The SMILES string of the molecule is CCOc1ccccc1NC(=O)c1sc(NC)nc1N. The Hall–Kier alpha value is -2.28. The minimum absolute atomic E-state index is 0.214. The molecule has 106 valence electrons. The number of hydrogen-bond acceptors (Lipinski definition) is 6. The zero-order valence-electron chi connectivity index (χ0n) is 11.3. The number of nitrogens with zero attached hydrogens (tertiary/aromatic N) is 1. The summed E-state index contributed by atoms with van der Waals surface area (Å²) in [6, 6.07) is 7.25. The average Bonchev–Trinajstić information content (AvgIpc) is 2.82. The molecule has 0 atom stereocenters. The molecule has 0 saturated carbocycles. The quantitative estimate of drug-likeness (QED) is 0.787. The minimum atomic E-state index is -0.298. The number of para-hydroxylation sites is 2. The monoisotopic (exact) mass is 292 g/mol. The average molecular weight is 292 g/mol. The Morgan fingerprint density at radius 2 is 2.20 bits per heavy atom. The number of carbonyl (C=O) groups is 1. The number of nitrogens with one attached hydrogen (secondary N) is 2. The summed E-state index contributed by atoms with van der Waals surface area (Å²) < 4.78 is 5.46. The lowest BCUT2D eigenvalue weighted by molar-refractivity contribution is 0.103. The number of rotatable bonds is 5. The zero-order chi connectivity index (χ0) is 14.5. The van der Waals surface area contributed by atoms with Crippen molar-refractivity contribution >= 4 is 33.9 Å². The van der Waals surface area contributed by atoms with Crippen molar-refractivity contribution in [1.29, 1.82) is 0 Å². The fourth-order valence-corrected chi connectivity index (χ4v) is 2.37. The number of carbonyl (C=O) groups excluding carboxylic acids is 1. The van der Waals surface area contributed by atoms with Crippen LogP contribution in [0.3, 0.4) is 0 Å². The molecule has 0 fully saturated rings. The van der Waals surface area contributed by atoms with Crippen LogP contribution < -0.4 is 21.1 Å². The molecule has 6 nitrogen and oxygen atoms in total. The molecule has 0 unspecified atom stereocenters. The zero-order valence-corrected chi connectivity index (χ0v) is 12.1. The van der Waals surface area contributed by atoms with Crippen LogP contribution in [0.5, 0.6) is 5.75 Å². The van der Waals surface area contributed by atoms with Gasteiger partial charge >= 0.3 is 0 Å². The Labute approximate surface area is 121 Å². The molecular formula is C13H16N4O2S. The topological polar surface area (TPSA) is 89.3 Å². The number of anilines is 3. The second-order valence-corrected chi connectivity index (χ2v) is 4.87. The van der Waals surface area contributed by atoms with E-state index in [0.29, 0.717) is 28.1 Å². The van der Waals surface area contributed by atoms with E-state index in [2.05, 4.69) is 15.6 Å². The summed E-state index contributed by atoms with van der Waals surface area (Å²) >= 11 is 1.21. The number of nitrogens with two attached hydrogens (primary N) is 1.